The maximum atomic E-state index is 11.4. The van der Waals surface area contributed by atoms with Gasteiger partial charge in [0.25, 0.3) is 5.69 Å². The van der Waals surface area contributed by atoms with Gasteiger partial charge in [0.2, 0.25) is 0 Å². The third kappa shape index (κ3) is 2.83. The molecule has 0 radical (unpaired) electrons. The summed E-state index contributed by atoms with van der Waals surface area (Å²) in [4.78, 5) is 24.1. The molecule has 1 aliphatic rings. The molecule has 0 bridgehead atoms. The summed E-state index contributed by atoms with van der Waals surface area (Å²) >= 11 is 0. The van der Waals surface area contributed by atoms with Gasteiger partial charge in [-0.15, -0.1) is 0 Å². The van der Waals surface area contributed by atoms with E-state index >= 15 is 0 Å². The summed E-state index contributed by atoms with van der Waals surface area (Å²) < 4.78 is 4.58. The van der Waals surface area contributed by atoms with Crippen molar-refractivity contribution in [3.8, 4) is 0 Å². The minimum atomic E-state index is -0.562. The number of nitro groups is 1. The molecule has 1 aliphatic heterocycles. The smallest absolute Gasteiger partial charge is 0.338 e. The molecule has 6 heteroatoms. The predicted molar refractivity (Wildman–Crippen MR) is 70.5 cm³/mol. The molecule has 2 rings (SSSR count). The van der Waals surface area contributed by atoms with Crippen molar-refractivity contribution in [3.63, 3.8) is 0 Å². The molecule has 0 aliphatic carbocycles. The van der Waals surface area contributed by atoms with Crippen LogP contribution in [0.15, 0.2) is 18.2 Å². The van der Waals surface area contributed by atoms with E-state index in [2.05, 4.69) is 4.74 Å². The molecular formula is C13H16N2O4. The van der Waals surface area contributed by atoms with Gasteiger partial charge in [-0.2, -0.15) is 0 Å². The van der Waals surface area contributed by atoms with E-state index in [9.17, 15) is 14.9 Å². The van der Waals surface area contributed by atoms with Gasteiger partial charge >= 0.3 is 5.97 Å². The molecule has 0 unspecified atom stereocenters. The number of nitrogens with zero attached hydrogens (tertiary/aromatic N) is 2. The minimum absolute atomic E-state index is 0.0372. The second kappa shape index (κ2) is 5.69. The number of esters is 1. The molecule has 0 aromatic heterocycles. The van der Waals surface area contributed by atoms with E-state index in [1.807, 2.05) is 4.90 Å². The number of rotatable bonds is 3. The Morgan fingerprint density at radius 1 is 1.32 bits per heavy atom. The largest absolute Gasteiger partial charge is 0.465 e. The van der Waals surface area contributed by atoms with Gasteiger partial charge in [0.1, 0.15) is 5.69 Å². The Hall–Kier alpha value is -2.11. The van der Waals surface area contributed by atoms with E-state index in [0.29, 0.717) is 5.69 Å². The molecule has 1 aromatic carbocycles. The van der Waals surface area contributed by atoms with Gasteiger partial charge in [-0.05, 0) is 31.4 Å². The van der Waals surface area contributed by atoms with Gasteiger partial charge in [-0.1, -0.05) is 0 Å². The Labute approximate surface area is 111 Å². The fourth-order valence-electron chi connectivity index (χ4n) is 2.32. The Bertz CT molecular complexity index is 495. The Kier molecular flexibility index (Phi) is 3.99. The molecule has 0 spiro atoms. The molecule has 0 N–H and O–H groups in total. The molecule has 1 fully saturated rings. The molecule has 1 saturated heterocycles. The second-order valence-electron chi connectivity index (χ2n) is 4.50. The van der Waals surface area contributed by atoms with Crippen LogP contribution in [0.1, 0.15) is 29.6 Å². The van der Waals surface area contributed by atoms with Crippen LogP contribution in [0.3, 0.4) is 0 Å². The zero-order valence-electron chi connectivity index (χ0n) is 10.8. The van der Waals surface area contributed by atoms with Crippen molar-refractivity contribution in [3.05, 3.63) is 33.9 Å². The highest BCUT2D eigenvalue weighted by Crippen LogP contribution is 2.31. The van der Waals surface area contributed by atoms with Crippen LogP contribution < -0.4 is 4.90 Å². The number of hydrogen-bond donors (Lipinski definition) is 0. The third-order valence-corrected chi connectivity index (χ3v) is 3.29. The first kappa shape index (κ1) is 13.3. The number of methoxy groups -OCH3 is 1. The highest BCUT2D eigenvalue weighted by atomic mass is 16.6. The van der Waals surface area contributed by atoms with Crippen LogP contribution in [0.2, 0.25) is 0 Å². The third-order valence-electron chi connectivity index (χ3n) is 3.29. The van der Waals surface area contributed by atoms with Crippen LogP contribution in [0, 0.1) is 10.1 Å². The zero-order valence-corrected chi connectivity index (χ0v) is 10.8. The number of carbonyl (C=O) groups is 1. The van der Waals surface area contributed by atoms with Gasteiger partial charge in [0, 0.05) is 19.2 Å². The lowest BCUT2D eigenvalue weighted by molar-refractivity contribution is -0.384. The van der Waals surface area contributed by atoms with Crippen molar-refractivity contribution in [2.75, 3.05) is 25.1 Å². The molecule has 19 heavy (non-hydrogen) atoms. The average molecular weight is 264 g/mol. The van der Waals surface area contributed by atoms with Gasteiger partial charge in [0.15, 0.2) is 0 Å². The first-order chi connectivity index (χ1) is 9.13. The zero-order chi connectivity index (χ0) is 13.8. The average Bonchev–Trinajstić information content (AvgIpc) is 2.46. The quantitative estimate of drug-likeness (QED) is 0.476. The monoisotopic (exact) mass is 264 g/mol. The van der Waals surface area contributed by atoms with E-state index in [0.717, 1.165) is 32.4 Å². The van der Waals surface area contributed by atoms with Gasteiger partial charge < -0.3 is 9.64 Å². The summed E-state index contributed by atoms with van der Waals surface area (Å²) in [7, 11) is 1.26. The maximum absolute atomic E-state index is 11.4. The van der Waals surface area contributed by atoms with E-state index < -0.39 is 10.9 Å². The van der Waals surface area contributed by atoms with Crippen molar-refractivity contribution in [2.24, 2.45) is 0 Å². The molecular weight excluding hydrogens is 248 g/mol. The number of carbonyl (C=O) groups excluding carboxylic acids is 1. The minimum Gasteiger partial charge on any atom is -0.465 e. The summed E-state index contributed by atoms with van der Waals surface area (Å²) in [5.74, 6) is -0.562. The predicted octanol–water partition coefficient (Wildman–Crippen LogP) is 2.37. The van der Waals surface area contributed by atoms with Crippen molar-refractivity contribution < 1.29 is 14.5 Å². The van der Waals surface area contributed by atoms with E-state index in [4.69, 9.17) is 0 Å². The number of ether oxygens (including phenoxy) is 1. The number of hydrogen-bond acceptors (Lipinski definition) is 5. The first-order valence-corrected chi connectivity index (χ1v) is 6.25. The number of benzene rings is 1. The Balaban J connectivity index is 2.37. The first-order valence-electron chi connectivity index (χ1n) is 6.25. The molecule has 0 atom stereocenters. The Morgan fingerprint density at radius 3 is 2.58 bits per heavy atom. The normalized spacial score (nSPS) is 15.1. The summed E-state index contributed by atoms with van der Waals surface area (Å²) in [6, 6.07) is 4.49. The van der Waals surface area contributed by atoms with Gasteiger partial charge in [-0.25, -0.2) is 4.79 Å². The highest BCUT2D eigenvalue weighted by molar-refractivity contribution is 5.91. The molecule has 0 amide bonds. The lowest BCUT2D eigenvalue weighted by Crippen LogP contribution is -2.30. The van der Waals surface area contributed by atoms with Crippen LogP contribution in [0.25, 0.3) is 0 Å². The summed E-state index contributed by atoms with van der Waals surface area (Å²) in [6.45, 7) is 1.64. The van der Waals surface area contributed by atoms with Gasteiger partial charge in [-0.3, -0.25) is 10.1 Å². The van der Waals surface area contributed by atoms with Crippen molar-refractivity contribution in [1.82, 2.24) is 0 Å². The van der Waals surface area contributed by atoms with Crippen LogP contribution in [0.5, 0.6) is 0 Å². The van der Waals surface area contributed by atoms with E-state index in [-0.39, 0.29) is 11.3 Å². The molecule has 102 valence electrons. The number of anilines is 1. The molecule has 1 heterocycles. The molecule has 0 saturated carbocycles. The van der Waals surface area contributed by atoms with Crippen LogP contribution in [0.4, 0.5) is 11.4 Å². The van der Waals surface area contributed by atoms with Crippen molar-refractivity contribution >= 4 is 17.3 Å². The fourth-order valence-corrected chi connectivity index (χ4v) is 2.32. The highest BCUT2D eigenvalue weighted by Gasteiger charge is 2.23. The van der Waals surface area contributed by atoms with Crippen LogP contribution >= 0.6 is 0 Å². The summed E-state index contributed by atoms with van der Waals surface area (Å²) in [5.41, 5.74) is 0.747. The Morgan fingerprint density at radius 2 is 2.00 bits per heavy atom. The maximum Gasteiger partial charge on any atom is 0.338 e. The lowest BCUT2D eigenvalue weighted by Gasteiger charge is -2.28. The van der Waals surface area contributed by atoms with Crippen molar-refractivity contribution in [1.29, 1.82) is 0 Å². The van der Waals surface area contributed by atoms with Gasteiger partial charge in [0.05, 0.1) is 17.6 Å². The van der Waals surface area contributed by atoms with Crippen LogP contribution in [-0.4, -0.2) is 31.1 Å². The summed E-state index contributed by atoms with van der Waals surface area (Å²) in [6.07, 6.45) is 3.23. The fraction of sp³-hybridized carbons (Fsp3) is 0.462. The standard InChI is InChI=1S/C13H16N2O4/c1-19-13(16)10-5-6-11(12(9-10)15(17)18)14-7-3-2-4-8-14/h5-6,9H,2-4,7-8H2,1H3. The number of nitro benzene ring substituents is 1. The SMILES string of the molecule is COC(=O)c1ccc(N2CCCCC2)c([N+](=O)[O-])c1. The topological polar surface area (TPSA) is 72.7 Å². The van der Waals surface area contributed by atoms with Crippen LogP contribution in [-0.2, 0) is 4.74 Å². The van der Waals surface area contributed by atoms with E-state index in [1.165, 1.54) is 13.2 Å². The van der Waals surface area contributed by atoms with Crippen molar-refractivity contribution in [2.45, 2.75) is 19.3 Å². The molecule has 1 aromatic rings. The number of piperidine rings is 1. The van der Waals surface area contributed by atoms with E-state index in [1.54, 1.807) is 12.1 Å². The lowest BCUT2D eigenvalue weighted by atomic mass is 10.1. The summed E-state index contributed by atoms with van der Waals surface area (Å²) in [5, 5.41) is 11.2. The second-order valence-corrected chi connectivity index (χ2v) is 4.50. The molecule has 6 nitrogen and oxygen atoms in total.